The van der Waals surface area contributed by atoms with Gasteiger partial charge in [0, 0.05) is 17.0 Å². The van der Waals surface area contributed by atoms with Crippen LogP contribution in [0.15, 0.2) is 24.5 Å². The van der Waals surface area contributed by atoms with Crippen LogP contribution in [0.5, 0.6) is 0 Å². The molecule has 21 heavy (non-hydrogen) atoms. The Balaban J connectivity index is 1.83. The summed E-state index contributed by atoms with van der Waals surface area (Å²) in [6.45, 7) is 0.534. The molecule has 0 aliphatic heterocycles. The number of amides is 1. The minimum absolute atomic E-state index is 0.0860. The van der Waals surface area contributed by atoms with E-state index >= 15 is 0 Å². The maximum absolute atomic E-state index is 12.4. The summed E-state index contributed by atoms with van der Waals surface area (Å²) in [5.41, 5.74) is 0.794. The molecule has 0 saturated heterocycles. The van der Waals surface area contributed by atoms with Gasteiger partial charge in [-0.05, 0) is 41.5 Å². The molecule has 2 aromatic rings. The molecule has 3 rings (SSSR count). The van der Waals surface area contributed by atoms with Crippen molar-refractivity contribution in [1.29, 1.82) is 0 Å². The monoisotopic (exact) mass is 307 g/mol. The number of benzene rings is 1. The topological polar surface area (TPSA) is 92.9 Å². The molecule has 0 atom stereocenters. The zero-order chi connectivity index (χ0) is 14.9. The third kappa shape index (κ3) is 2.88. The number of carbonyl (C=O) groups excluding carboxylic acids is 1. The van der Waals surface area contributed by atoms with Gasteiger partial charge in [0.2, 0.25) is 0 Å². The number of hydrogen-bond donors (Lipinski definition) is 2. The average molecular weight is 308 g/mol. The fourth-order valence-electron chi connectivity index (χ4n) is 2.09. The van der Waals surface area contributed by atoms with E-state index in [0.29, 0.717) is 22.8 Å². The van der Waals surface area contributed by atoms with Gasteiger partial charge in [-0.3, -0.25) is 4.79 Å². The molecule has 0 spiro atoms. The molecule has 1 aliphatic carbocycles. The van der Waals surface area contributed by atoms with Crippen molar-refractivity contribution < 1.29 is 9.90 Å². The van der Waals surface area contributed by atoms with Crippen molar-refractivity contribution in [1.82, 2.24) is 25.5 Å². The lowest BCUT2D eigenvalue weighted by atomic mass is 10.1. The molecule has 1 aliphatic rings. The van der Waals surface area contributed by atoms with Crippen LogP contribution in [0, 0.1) is 5.41 Å². The molecule has 1 aromatic carbocycles. The average Bonchev–Trinajstić information content (AvgIpc) is 3.08. The largest absolute Gasteiger partial charge is 0.396 e. The summed E-state index contributed by atoms with van der Waals surface area (Å²) >= 11 is 5.97. The zero-order valence-corrected chi connectivity index (χ0v) is 11.9. The van der Waals surface area contributed by atoms with Crippen LogP contribution in [-0.4, -0.2) is 44.4 Å². The molecule has 1 aromatic heterocycles. The van der Waals surface area contributed by atoms with E-state index in [0.717, 1.165) is 12.8 Å². The van der Waals surface area contributed by atoms with Crippen LogP contribution in [0.1, 0.15) is 23.2 Å². The number of carbonyl (C=O) groups is 1. The van der Waals surface area contributed by atoms with Crippen LogP contribution < -0.4 is 5.32 Å². The van der Waals surface area contributed by atoms with E-state index in [1.54, 1.807) is 18.2 Å². The normalized spacial score (nSPS) is 15.7. The molecular weight excluding hydrogens is 294 g/mol. The molecule has 1 amide bonds. The van der Waals surface area contributed by atoms with E-state index in [1.165, 1.54) is 11.0 Å². The fraction of sp³-hybridized carbons (Fsp3) is 0.385. The van der Waals surface area contributed by atoms with Crippen molar-refractivity contribution in [2.24, 2.45) is 5.41 Å². The molecule has 0 unspecified atom stereocenters. The maximum Gasteiger partial charge on any atom is 0.253 e. The van der Waals surface area contributed by atoms with E-state index < -0.39 is 0 Å². The first-order chi connectivity index (χ1) is 10.1. The quantitative estimate of drug-likeness (QED) is 0.853. The molecule has 7 nitrogen and oxygen atoms in total. The van der Waals surface area contributed by atoms with Crippen molar-refractivity contribution >= 4 is 17.5 Å². The highest BCUT2D eigenvalue weighted by molar-refractivity contribution is 6.31. The highest BCUT2D eigenvalue weighted by atomic mass is 35.5. The van der Waals surface area contributed by atoms with Crippen molar-refractivity contribution in [3.8, 4) is 5.69 Å². The number of hydrogen-bond acceptors (Lipinski definition) is 5. The van der Waals surface area contributed by atoms with E-state index in [2.05, 4.69) is 20.8 Å². The number of aliphatic hydroxyl groups is 1. The molecule has 8 heteroatoms. The number of aliphatic hydroxyl groups excluding tert-OH is 1. The maximum atomic E-state index is 12.4. The molecule has 0 radical (unpaired) electrons. The number of rotatable bonds is 5. The molecule has 1 fully saturated rings. The summed E-state index contributed by atoms with van der Waals surface area (Å²) in [5.74, 6) is -0.261. The summed E-state index contributed by atoms with van der Waals surface area (Å²) in [4.78, 5) is 12.4. The van der Waals surface area contributed by atoms with Crippen molar-refractivity contribution in [3.05, 3.63) is 35.1 Å². The van der Waals surface area contributed by atoms with Crippen LogP contribution >= 0.6 is 11.6 Å². The number of halogens is 1. The van der Waals surface area contributed by atoms with Crippen LogP contribution in [0.25, 0.3) is 5.69 Å². The van der Waals surface area contributed by atoms with Gasteiger partial charge in [0.15, 0.2) is 0 Å². The fourth-order valence-corrected chi connectivity index (χ4v) is 2.26. The molecule has 2 N–H and O–H groups in total. The van der Waals surface area contributed by atoms with Crippen LogP contribution in [0.3, 0.4) is 0 Å². The van der Waals surface area contributed by atoms with Gasteiger partial charge in [0.25, 0.3) is 5.91 Å². The van der Waals surface area contributed by atoms with Crippen LogP contribution in [0.4, 0.5) is 0 Å². The van der Waals surface area contributed by atoms with Gasteiger partial charge >= 0.3 is 0 Å². The van der Waals surface area contributed by atoms with Gasteiger partial charge in [-0.15, -0.1) is 5.10 Å². The van der Waals surface area contributed by atoms with E-state index in [9.17, 15) is 9.90 Å². The summed E-state index contributed by atoms with van der Waals surface area (Å²) < 4.78 is 1.41. The van der Waals surface area contributed by atoms with E-state index in [-0.39, 0.29) is 17.9 Å². The van der Waals surface area contributed by atoms with Gasteiger partial charge in [0.1, 0.15) is 6.33 Å². The smallest absolute Gasteiger partial charge is 0.253 e. The summed E-state index contributed by atoms with van der Waals surface area (Å²) in [6.07, 6.45) is 3.27. The highest BCUT2D eigenvalue weighted by Gasteiger charge is 2.42. The molecule has 1 heterocycles. The van der Waals surface area contributed by atoms with Gasteiger partial charge in [-0.1, -0.05) is 11.6 Å². The Morgan fingerprint density at radius 1 is 1.48 bits per heavy atom. The predicted molar refractivity (Wildman–Crippen MR) is 75.3 cm³/mol. The highest BCUT2D eigenvalue weighted by Crippen LogP contribution is 2.44. The Hall–Kier alpha value is -1.99. The lowest BCUT2D eigenvalue weighted by Gasteiger charge is -2.14. The number of aromatic nitrogens is 4. The Labute approximate surface area is 125 Å². The van der Waals surface area contributed by atoms with Crippen molar-refractivity contribution in [2.75, 3.05) is 13.2 Å². The lowest BCUT2D eigenvalue weighted by molar-refractivity contribution is 0.0935. The zero-order valence-electron chi connectivity index (χ0n) is 11.2. The molecule has 0 bridgehead atoms. The van der Waals surface area contributed by atoms with Gasteiger partial charge in [-0.25, -0.2) is 0 Å². The number of nitrogens with one attached hydrogen (secondary N) is 1. The first kappa shape index (κ1) is 14.0. The Kier molecular flexibility index (Phi) is 3.60. The molecule has 110 valence electrons. The second-order valence-electron chi connectivity index (χ2n) is 5.26. The van der Waals surface area contributed by atoms with Gasteiger partial charge < -0.3 is 10.4 Å². The Morgan fingerprint density at radius 2 is 2.29 bits per heavy atom. The van der Waals surface area contributed by atoms with Crippen LogP contribution in [0.2, 0.25) is 5.02 Å². The summed E-state index contributed by atoms with van der Waals surface area (Å²) in [7, 11) is 0. The second-order valence-corrected chi connectivity index (χ2v) is 5.69. The Morgan fingerprint density at radius 3 is 2.90 bits per heavy atom. The van der Waals surface area contributed by atoms with Crippen LogP contribution in [-0.2, 0) is 0 Å². The van der Waals surface area contributed by atoms with E-state index in [4.69, 9.17) is 11.6 Å². The van der Waals surface area contributed by atoms with Gasteiger partial charge in [0.05, 0.1) is 17.9 Å². The first-order valence-electron chi connectivity index (χ1n) is 6.56. The third-order valence-electron chi connectivity index (χ3n) is 3.72. The SMILES string of the molecule is O=C(NCC1(CO)CC1)c1cc(Cl)ccc1-n1cnnn1. The van der Waals surface area contributed by atoms with Gasteiger partial charge in [-0.2, -0.15) is 4.68 Å². The third-order valence-corrected chi connectivity index (χ3v) is 3.95. The van der Waals surface area contributed by atoms with Crippen molar-refractivity contribution in [2.45, 2.75) is 12.8 Å². The van der Waals surface area contributed by atoms with E-state index in [1.807, 2.05) is 0 Å². The summed E-state index contributed by atoms with van der Waals surface area (Å²) in [6, 6.07) is 4.93. The first-order valence-corrected chi connectivity index (χ1v) is 6.93. The molecule has 1 saturated carbocycles. The minimum atomic E-state index is -0.261. The number of nitrogens with zero attached hydrogens (tertiary/aromatic N) is 4. The standard InChI is InChI=1S/C13H14ClN5O2/c14-9-1-2-11(19-8-16-17-18-19)10(5-9)12(21)15-6-13(7-20)3-4-13/h1-2,5,8,20H,3-4,6-7H2,(H,15,21). The minimum Gasteiger partial charge on any atom is -0.396 e. The predicted octanol–water partition coefficient (Wildman–Crippen LogP) is 0.818. The van der Waals surface area contributed by atoms with Crippen molar-refractivity contribution in [3.63, 3.8) is 0 Å². The molecular formula is C13H14ClN5O2. The summed E-state index contributed by atoms with van der Waals surface area (Å²) in [5, 5.41) is 23.5. The second kappa shape index (κ2) is 5.42. The number of tetrazole rings is 1. The Bertz CT molecular complexity index is 655. The lowest BCUT2D eigenvalue weighted by Crippen LogP contribution is -2.32.